The Morgan fingerprint density at radius 3 is 2.76 bits per heavy atom. The second-order valence-electron chi connectivity index (χ2n) is 4.17. The molecule has 1 aromatic heterocycles. The molecule has 1 heterocycles. The molecule has 96 valence electrons. The first-order valence-corrected chi connectivity index (χ1v) is 5.99. The normalized spacial score (nSPS) is 10.6. The third kappa shape index (κ3) is 5.49. The van der Waals surface area contributed by atoms with E-state index in [0.717, 1.165) is 31.2 Å². The first kappa shape index (κ1) is 13.7. The summed E-state index contributed by atoms with van der Waals surface area (Å²) >= 11 is 0. The SMILES string of the molecule is CCNc1cc(OCCCN(C)C)nc(C)n1. The molecule has 0 fully saturated rings. The number of ether oxygens (including phenoxy) is 1. The van der Waals surface area contributed by atoms with E-state index in [1.807, 2.05) is 19.9 Å². The van der Waals surface area contributed by atoms with Gasteiger partial charge in [-0.25, -0.2) is 4.98 Å². The van der Waals surface area contributed by atoms with E-state index in [-0.39, 0.29) is 0 Å². The van der Waals surface area contributed by atoms with Gasteiger partial charge < -0.3 is 15.0 Å². The molecule has 5 nitrogen and oxygen atoms in total. The molecule has 0 saturated heterocycles. The van der Waals surface area contributed by atoms with Gasteiger partial charge in [0.1, 0.15) is 11.6 Å². The van der Waals surface area contributed by atoms with Crippen molar-refractivity contribution in [3.63, 3.8) is 0 Å². The van der Waals surface area contributed by atoms with Gasteiger partial charge >= 0.3 is 0 Å². The lowest BCUT2D eigenvalue weighted by Crippen LogP contribution is -2.16. The number of nitrogens with one attached hydrogen (secondary N) is 1. The maximum Gasteiger partial charge on any atom is 0.218 e. The predicted molar refractivity (Wildman–Crippen MR) is 69.6 cm³/mol. The second-order valence-corrected chi connectivity index (χ2v) is 4.17. The van der Waals surface area contributed by atoms with Crippen molar-refractivity contribution in [2.24, 2.45) is 0 Å². The average Bonchev–Trinajstić information content (AvgIpc) is 2.24. The van der Waals surface area contributed by atoms with Crippen LogP contribution in [0.5, 0.6) is 5.88 Å². The van der Waals surface area contributed by atoms with Crippen LogP contribution in [0.15, 0.2) is 6.07 Å². The number of hydrogen-bond acceptors (Lipinski definition) is 5. The summed E-state index contributed by atoms with van der Waals surface area (Å²) < 4.78 is 5.61. The van der Waals surface area contributed by atoms with Crippen molar-refractivity contribution < 1.29 is 4.74 Å². The molecule has 0 aliphatic heterocycles. The monoisotopic (exact) mass is 238 g/mol. The average molecular weight is 238 g/mol. The highest BCUT2D eigenvalue weighted by molar-refractivity contribution is 5.38. The van der Waals surface area contributed by atoms with Gasteiger partial charge in [-0.05, 0) is 34.4 Å². The zero-order valence-corrected chi connectivity index (χ0v) is 11.2. The molecule has 0 saturated carbocycles. The Labute approximate surface area is 103 Å². The van der Waals surface area contributed by atoms with E-state index in [4.69, 9.17) is 4.74 Å². The Morgan fingerprint density at radius 1 is 1.35 bits per heavy atom. The molecule has 0 spiro atoms. The Morgan fingerprint density at radius 2 is 2.12 bits per heavy atom. The van der Waals surface area contributed by atoms with Crippen LogP contribution in [0, 0.1) is 6.92 Å². The summed E-state index contributed by atoms with van der Waals surface area (Å²) in [6, 6.07) is 1.84. The summed E-state index contributed by atoms with van der Waals surface area (Å²) in [6.07, 6.45) is 0.993. The second kappa shape index (κ2) is 7.06. The number of rotatable bonds is 7. The van der Waals surface area contributed by atoms with E-state index in [9.17, 15) is 0 Å². The van der Waals surface area contributed by atoms with E-state index in [1.54, 1.807) is 0 Å². The van der Waals surface area contributed by atoms with Crippen LogP contribution in [-0.2, 0) is 0 Å². The van der Waals surface area contributed by atoms with Gasteiger partial charge in [-0.15, -0.1) is 0 Å². The van der Waals surface area contributed by atoms with E-state index < -0.39 is 0 Å². The third-order valence-electron chi connectivity index (χ3n) is 2.17. The Hall–Kier alpha value is -1.36. The van der Waals surface area contributed by atoms with Gasteiger partial charge in [-0.2, -0.15) is 4.98 Å². The molecule has 0 atom stereocenters. The summed E-state index contributed by atoms with van der Waals surface area (Å²) in [7, 11) is 4.11. The molecule has 17 heavy (non-hydrogen) atoms. The lowest BCUT2D eigenvalue weighted by atomic mass is 10.4. The first-order chi connectivity index (χ1) is 8.11. The fourth-order valence-corrected chi connectivity index (χ4v) is 1.44. The zero-order chi connectivity index (χ0) is 12.7. The number of nitrogens with zero attached hydrogens (tertiary/aromatic N) is 3. The van der Waals surface area contributed by atoms with Gasteiger partial charge in [0.25, 0.3) is 0 Å². The molecule has 0 radical (unpaired) electrons. The summed E-state index contributed by atoms with van der Waals surface area (Å²) in [5, 5.41) is 3.16. The number of hydrogen-bond donors (Lipinski definition) is 1. The number of aryl methyl sites for hydroxylation is 1. The lowest BCUT2D eigenvalue weighted by Gasteiger charge is -2.11. The molecule has 5 heteroatoms. The van der Waals surface area contributed by atoms with Crippen molar-refractivity contribution in [1.29, 1.82) is 0 Å². The van der Waals surface area contributed by atoms with Gasteiger partial charge in [0, 0.05) is 19.2 Å². The van der Waals surface area contributed by atoms with Crippen LogP contribution in [0.3, 0.4) is 0 Å². The molecule has 0 aliphatic carbocycles. The Balaban J connectivity index is 2.46. The summed E-state index contributed by atoms with van der Waals surface area (Å²) in [6.45, 7) is 6.45. The van der Waals surface area contributed by atoms with Crippen molar-refractivity contribution in [2.45, 2.75) is 20.3 Å². The van der Waals surface area contributed by atoms with Crippen LogP contribution in [0.4, 0.5) is 5.82 Å². The lowest BCUT2D eigenvalue weighted by molar-refractivity contribution is 0.272. The van der Waals surface area contributed by atoms with E-state index in [1.165, 1.54) is 0 Å². The van der Waals surface area contributed by atoms with Gasteiger partial charge in [0.15, 0.2) is 0 Å². The van der Waals surface area contributed by atoms with Gasteiger partial charge in [0.2, 0.25) is 5.88 Å². The largest absolute Gasteiger partial charge is 0.477 e. The topological polar surface area (TPSA) is 50.3 Å². The summed E-state index contributed by atoms with van der Waals surface area (Å²) in [5.74, 6) is 2.20. The van der Waals surface area contributed by atoms with Crippen LogP contribution in [0.1, 0.15) is 19.2 Å². The first-order valence-electron chi connectivity index (χ1n) is 5.99. The van der Waals surface area contributed by atoms with E-state index in [2.05, 4.69) is 34.3 Å². The minimum atomic E-state index is 0.646. The summed E-state index contributed by atoms with van der Waals surface area (Å²) in [4.78, 5) is 10.7. The van der Waals surface area contributed by atoms with Gasteiger partial charge in [-0.3, -0.25) is 0 Å². The fraction of sp³-hybridized carbons (Fsp3) is 0.667. The van der Waals surface area contributed by atoms with Crippen molar-refractivity contribution in [3.8, 4) is 5.88 Å². The molecule has 1 aromatic rings. The van der Waals surface area contributed by atoms with Crippen LogP contribution in [-0.4, -0.2) is 48.7 Å². The Bertz CT molecular complexity index is 341. The van der Waals surface area contributed by atoms with Gasteiger partial charge in [0.05, 0.1) is 6.61 Å². The number of anilines is 1. The highest BCUT2D eigenvalue weighted by Crippen LogP contribution is 2.13. The minimum Gasteiger partial charge on any atom is -0.477 e. The molecule has 0 aromatic carbocycles. The number of aromatic nitrogens is 2. The molecule has 0 amide bonds. The van der Waals surface area contributed by atoms with Crippen molar-refractivity contribution in [1.82, 2.24) is 14.9 Å². The van der Waals surface area contributed by atoms with Crippen LogP contribution < -0.4 is 10.1 Å². The molecule has 0 unspecified atom stereocenters. The third-order valence-corrected chi connectivity index (χ3v) is 2.17. The van der Waals surface area contributed by atoms with Crippen LogP contribution >= 0.6 is 0 Å². The van der Waals surface area contributed by atoms with E-state index in [0.29, 0.717) is 12.5 Å². The Kier molecular flexibility index (Phi) is 5.69. The predicted octanol–water partition coefficient (Wildman–Crippen LogP) is 1.55. The molecule has 0 aliphatic rings. The highest BCUT2D eigenvalue weighted by Gasteiger charge is 2.02. The van der Waals surface area contributed by atoms with Crippen molar-refractivity contribution in [2.75, 3.05) is 39.1 Å². The standard InChI is InChI=1S/C12H22N4O/c1-5-13-11-9-12(15-10(2)14-11)17-8-6-7-16(3)4/h9H,5-8H2,1-4H3,(H,13,14,15). The maximum absolute atomic E-state index is 5.61. The zero-order valence-electron chi connectivity index (χ0n) is 11.2. The van der Waals surface area contributed by atoms with Crippen LogP contribution in [0.25, 0.3) is 0 Å². The molecule has 1 N–H and O–H groups in total. The summed E-state index contributed by atoms with van der Waals surface area (Å²) in [5.41, 5.74) is 0. The van der Waals surface area contributed by atoms with Crippen LogP contribution in [0.2, 0.25) is 0 Å². The maximum atomic E-state index is 5.61. The van der Waals surface area contributed by atoms with E-state index >= 15 is 0 Å². The molecule has 0 bridgehead atoms. The van der Waals surface area contributed by atoms with Crippen molar-refractivity contribution >= 4 is 5.82 Å². The minimum absolute atomic E-state index is 0.646. The molecular formula is C12H22N4O. The van der Waals surface area contributed by atoms with Gasteiger partial charge in [-0.1, -0.05) is 0 Å². The molecular weight excluding hydrogens is 216 g/mol. The fourth-order valence-electron chi connectivity index (χ4n) is 1.44. The van der Waals surface area contributed by atoms with Crippen molar-refractivity contribution in [3.05, 3.63) is 11.9 Å². The quantitative estimate of drug-likeness (QED) is 0.730. The highest BCUT2D eigenvalue weighted by atomic mass is 16.5. The smallest absolute Gasteiger partial charge is 0.218 e. The molecule has 1 rings (SSSR count).